The zero-order valence-corrected chi connectivity index (χ0v) is 14.8. The van der Waals surface area contributed by atoms with E-state index in [1.807, 2.05) is 42.5 Å². The first-order valence-electron chi connectivity index (χ1n) is 9.20. The number of carbonyl (C=O) groups excluding carboxylic acids is 1. The fourth-order valence-corrected chi connectivity index (χ4v) is 3.32. The molecule has 0 saturated heterocycles. The highest BCUT2D eigenvalue weighted by molar-refractivity contribution is 5.89. The van der Waals surface area contributed by atoms with E-state index in [1.54, 1.807) is 0 Å². The number of amides is 2. The van der Waals surface area contributed by atoms with E-state index in [0.717, 1.165) is 24.2 Å². The number of anilines is 2. The van der Waals surface area contributed by atoms with Gasteiger partial charge in [0.05, 0.1) is 0 Å². The summed E-state index contributed by atoms with van der Waals surface area (Å²) in [4.78, 5) is 12.1. The van der Waals surface area contributed by atoms with Crippen molar-refractivity contribution in [1.29, 1.82) is 0 Å². The predicted molar refractivity (Wildman–Crippen MR) is 104 cm³/mol. The summed E-state index contributed by atoms with van der Waals surface area (Å²) in [6.07, 6.45) is 5.90. The molecule has 1 aliphatic carbocycles. The van der Waals surface area contributed by atoms with Gasteiger partial charge in [-0.05, 0) is 49.6 Å². The molecule has 1 aliphatic rings. The van der Waals surface area contributed by atoms with Crippen LogP contribution in [0.2, 0.25) is 0 Å². The van der Waals surface area contributed by atoms with Gasteiger partial charge in [0.15, 0.2) is 0 Å². The molecule has 0 spiro atoms. The number of benzene rings is 2. The van der Waals surface area contributed by atoms with Crippen molar-refractivity contribution in [3.63, 3.8) is 0 Å². The van der Waals surface area contributed by atoms with Crippen LogP contribution in [0.1, 0.15) is 50.6 Å². The van der Waals surface area contributed by atoms with Crippen LogP contribution in [0.5, 0.6) is 0 Å². The van der Waals surface area contributed by atoms with E-state index in [4.69, 9.17) is 0 Å². The van der Waals surface area contributed by atoms with Gasteiger partial charge in [-0.3, -0.25) is 0 Å². The first-order chi connectivity index (χ1) is 12.2. The third-order valence-corrected chi connectivity index (χ3v) is 4.77. The Balaban J connectivity index is 1.50. The Hall–Kier alpha value is -2.49. The number of rotatable bonds is 5. The second-order valence-electron chi connectivity index (χ2n) is 6.79. The summed E-state index contributed by atoms with van der Waals surface area (Å²) in [5.74, 6) is 0. The maximum atomic E-state index is 12.1. The van der Waals surface area contributed by atoms with Crippen LogP contribution < -0.4 is 16.0 Å². The van der Waals surface area contributed by atoms with Crippen LogP contribution in [0, 0.1) is 0 Å². The lowest BCUT2D eigenvalue weighted by molar-refractivity contribution is 0.244. The molecule has 3 N–H and O–H groups in total. The van der Waals surface area contributed by atoms with Crippen molar-refractivity contribution >= 4 is 17.4 Å². The van der Waals surface area contributed by atoms with Crippen LogP contribution in [0.3, 0.4) is 0 Å². The van der Waals surface area contributed by atoms with Gasteiger partial charge in [0.25, 0.3) is 0 Å². The van der Waals surface area contributed by atoms with Gasteiger partial charge in [0, 0.05) is 23.5 Å². The van der Waals surface area contributed by atoms with E-state index < -0.39 is 0 Å². The van der Waals surface area contributed by atoms with E-state index in [1.165, 1.54) is 24.8 Å². The maximum Gasteiger partial charge on any atom is 0.319 e. The number of hydrogen-bond acceptors (Lipinski definition) is 2. The molecule has 4 nitrogen and oxygen atoms in total. The standard InChI is InChI=1S/C21H27N3O/c1-16(17-8-4-2-5-9-17)22-19-12-14-20(15-13-19)24-21(25)23-18-10-6-3-7-11-18/h2,4-5,8-9,12-16,18,22H,3,6-7,10-11H2,1H3,(H2,23,24,25). The van der Waals surface area contributed by atoms with Crippen LogP contribution >= 0.6 is 0 Å². The van der Waals surface area contributed by atoms with Crippen LogP contribution in [0.15, 0.2) is 54.6 Å². The van der Waals surface area contributed by atoms with Gasteiger partial charge in [0.2, 0.25) is 0 Å². The highest BCUT2D eigenvalue weighted by Gasteiger charge is 2.15. The molecule has 1 unspecified atom stereocenters. The zero-order valence-electron chi connectivity index (χ0n) is 14.8. The molecule has 0 heterocycles. The molecule has 25 heavy (non-hydrogen) atoms. The van der Waals surface area contributed by atoms with Crippen molar-refractivity contribution in [2.24, 2.45) is 0 Å². The Morgan fingerprint density at radius 2 is 1.56 bits per heavy atom. The molecule has 3 rings (SSSR count). The van der Waals surface area contributed by atoms with Gasteiger partial charge in [-0.25, -0.2) is 4.79 Å². The van der Waals surface area contributed by atoms with Gasteiger partial charge in [-0.2, -0.15) is 0 Å². The number of carbonyl (C=O) groups is 1. The summed E-state index contributed by atoms with van der Waals surface area (Å²) < 4.78 is 0. The summed E-state index contributed by atoms with van der Waals surface area (Å²) in [6.45, 7) is 2.14. The smallest absolute Gasteiger partial charge is 0.319 e. The molecule has 2 aromatic carbocycles. The molecule has 1 atom stereocenters. The summed E-state index contributed by atoms with van der Waals surface area (Å²) in [6, 6.07) is 18.6. The van der Waals surface area contributed by atoms with Crippen LogP contribution in [-0.4, -0.2) is 12.1 Å². The first kappa shape index (κ1) is 17.3. The Morgan fingerprint density at radius 3 is 2.24 bits per heavy atom. The third-order valence-electron chi connectivity index (χ3n) is 4.77. The molecule has 4 heteroatoms. The molecule has 1 saturated carbocycles. The molecule has 0 aliphatic heterocycles. The van der Waals surface area contributed by atoms with Gasteiger partial charge in [-0.15, -0.1) is 0 Å². The van der Waals surface area contributed by atoms with Gasteiger partial charge >= 0.3 is 6.03 Å². The van der Waals surface area contributed by atoms with Crippen molar-refractivity contribution in [3.05, 3.63) is 60.2 Å². The molecule has 1 fully saturated rings. The van der Waals surface area contributed by atoms with E-state index in [2.05, 4.69) is 35.0 Å². The molecular formula is C21H27N3O. The van der Waals surface area contributed by atoms with Crippen LogP contribution in [0.4, 0.5) is 16.2 Å². The molecule has 2 amide bonds. The molecule has 0 radical (unpaired) electrons. The Bertz CT molecular complexity index is 663. The number of nitrogens with one attached hydrogen (secondary N) is 3. The van der Waals surface area contributed by atoms with Crippen LogP contribution in [-0.2, 0) is 0 Å². The van der Waals surface area contributed by atoms with Gasteiger partial charge in [0.1, 0.15) is 0 Å². The quantitative estimate of drug-likeness (QED) is 0.692. The Kier molecular flexibility index (Phi) is 5.94. The molecule has 0 aromatic heterocycles. The minimum Gasteiger partial charge on any atom is -0.379 e. The average Bonchev–Trinajstić information content (AvgIpc) is 2.65. The fourth-order valence-electron chi connectivity index (χ4n) is 3.32. The number of hydrogen-bond donors (Lipinski definition) is 3. The van der Waals surface area contributed by atoms with Crippen molar-refractivity contribution in [2.75, 3.05) is 10.6 Å². The summed E-state index contributed by atoms with van der Waals surface area (Å²) in [7, 11) is 0. The normalized spacial score (nSPS) is 16.0. The SMILES string of the molecule is CC(Nc1ccc(NC(=O)NC2CCCCC2)cc1)c1ccccc1. The lowest BCUT2D eigenvalue weighted by Gasteiger charge is -2.23. The molecular weight excluding hydrogens is 310 g/mol. The fraction of sp³-hybridized carbons (Fsp3) is 0.381. The Morgan fingerprint density at radius 1 is 0.920 bits per heavy atom. The summed E-state index contributed by atoms with van der Waals surface area (Å²) in [5.41, 5.74) is 3.09. The largest absolute Gasteiger partial charge is 0.379 e. The minimum absolute atomic E-state index is 0.106. The summed E-state index contributed by atoms with van der Waals surface area (Å²) in [5, 5.41) is 9.47. The Labute approximate surface area is 150 Å². The lowest BCUT2D eigenvalue weighted by Crippen LogP contribution is -2.38. The van der Waals surface area contributed by atoms with Crippen molar-refractivity contribution in [3.8, 4) is 0 Å². The van der Waals surface area contributed by atoms with E-state index >= 15 is 0 Å². The van der Waals surface area contributed by atoms with E-state index in [-0.39, 0.29) is 12.1 Å². The highest BCUT2D eigenvalue weighted by Crippen LogP contribution is 2.21. The lowest BCUT2D eigenvalue weighted by atomic mass is 9.96. The van der Waals surface area contributed by atoms with Crippen molar-refractivity contribution < 1.29 is 4.79 Å². The van der Waals surface area contributed by atoms with Crippen molar-refractivity contribution in [1.82, 2.24) is 5.32 Å². The van der Waals surface area contributed by atoms with E-state index in [9.17, 15) is 4.79 Å². The minimum atomic E-state index is -0.106. The average molecular weight is 337 g/mol. The second-order valence-corrected chi connectivity index (χ2v) is 6.79. The topological polar surface area (TPSA) is 53.2 Å². The first-order valence-corrected chi connectivity index (χ1v) is 9.20. The number of urea groups is 1. The van der Waals surface area contributed by atoms with Crippen LogP contribution in [0.25, 0.3) is 0 Å². The maximum absolute atomic E-state index is 12.1. The van der Waals surface area contributed by atoms with E-state index in [0.29, 0.717) is 6.04 Å². The van der Waals surface area contributed by atoms with Gasteiger partial charge < -0.3 is 16.0 Å². The monoisotopic (exact) mass is 337 g/mol. The third kappa shape index (κ3) is 5.24. The molecule has 132 valence electrons. The summed E-state index contributed by atoms with van der Waals surface area (Å²) >= 11 is 0. The molecule has 0 bridgehead atoms. The predicted octanol–water partition coefficient (Wildman–Crippen LogP) is 5.31. The van der Waals surface area contributed by atoms with Gasteiger partial charge in [-0.1, -0.05) is 49.6 Å². The zero-order chi connectivity index (χ0) is 17.5. The highest BCUT2D eigenvalue weighted by atomic mass is 16.2. The van der Waals surface area contributed by atoms with Crippen molar-refractivity contribution in [2.45, 2.75) is 51.1 Å². The second kappa shape index (κ2) is 8.56. The molecule has 2 aromatic rings.